The molecular weight excluding hydrogens is 398 g/mol. The van der Waals surface area contributed by atoms with Gasteiger partial charge in [-0.3, -0.25) is 10.1 Å². The molecule has 0 unspecified atom stereocenters. The second-order valence-electron chi connectivity index (χ2n) is 9.43. The Hall–Kier alpha value is -2.53. The van der Waals surface area contributed by atoms with Crippen LogP contribution in [0.15, 0.2) is 18.2 Å². The zero-order valence-electron chi connectivity index (χ0n) is 19.2. The molecule has 0 fully saturated rings. The van der Waals surface area contributed by atoms with E-state index in [9.17, 15) is 14.9 Å². The largest absolute Gasteiger partial charge is 0.444 e. The number of hydrogen-bond acceptors (Lipinski definition) is 5. The summed E-state index contributed by atoms with van der Waals surface area (Å²) in [6.07, 6.45) is 2.05. The average Bonchev–Trinajstić information content (AvgIpc) is 2.57. The van der Waals surface area contributed by atoms with E-state index in [2.05, 4.69) is 41.7 Å². The van der Waals surface area contributed by atoms with E-state index in [-0.39, 0.29) is 16.7 Å². The molecule has 2 N–H and O–H groups in total. The van der Waals surface area contributed by atoms with Gasteiger partial charge in [-0.1, -0.05) is 31.6 Å². The Balaban J connectivity index is 2.67. The number of carbonyl (C=O) groups excluding carboxylic acids is 1. The van der Waals surface area contributed by atoms with Crippen LogP contribution in [0.2, 0.25) is 19.6 Å². The van der Waals surface area contributed by atoms with Crippen molar-refractivity contribution in [1.29, 1.82) is 0 Å². The lowest BCUT2D eigenvalue weighted by Crippen LogP contribution is -2.33. The van der Waals surface area contributed by atoms with Crippen LogP contribution in [-0.2, 0) is 4.74 Å². The SMILES string of the molecule is C[C@@H](CCCCNC(=O)OC(C)(C)C)Nc1c(C#C[Si](C)(C)C)cccc1[N+](=O)[O-]. The zero-order valence-corrected chi connectivity index (χ0v) is 20.2. The third-order valence-corrected chi connectivity index (χ3v) is 4.81. The summed E-state index contributed by atoms with van der Waals surface area (Å²) in [5.74, 6) is 3.14. The lowest BCUT2D eigenvalue weighted by Gasteiger charge is -2.20. The number of benzene rings is 1. The van der Waals surface area contributed by atoms with Crippen LogP contribution >= 0.6 is 0 Å². The van der Waals surface area contributed by atoms with E-state index in [0.717, 1.165) is 19.3 Å². The van der Waals surface area contributed by atoms with Gasteiger partial charge in [0, 0.05) is 18.7 Å². The second kappa shape index (κ2) is 11.0. The van der Waals surface area contributed by atoms with Crippen molar-refractivity contribution in [1.82, 2.24) is 5.32 Å². The van der Waals surface area contributed by atoms with Gasteiger partial charge < -0.3 is 15.4 Å². The van der Waals surface area contributed by atoms with Gasteiger partial charge >= 0.3 is 6.09 Å². The molecule has 0 aliphatic heterocycles. The van der Waals surface area contributed by atoms with Gasteiger partial charge in [-0.15, -0.1) is 5.54 Å². The Labute approximate surface area is 181 Å². The van der Waals surface area contributed by atoms with Crippen molar-refractivity contribution < 1.29 is 14.5 Å². The molecule has 0 saturated heterocycles. The number of ether oxygens (including phenoxy) is 1. The monoisotopic (exact) mass is 433 g/mol. The highest BCUT2D eigenvalue weighted by atomic mass is 28.3. The molecule has 0 aliphatic carbocycles. The van der Waals surface area contributed by atoms with Crippen molar-refractivity contribution in [2.75, 3.05) is 11.9 Å². The van der Waals surface area contributed by atoms with Gasteiger partial charge in [-0.05, 0) is 53.0 Å². The molecule has 1 aromatic carbocycles. The molecule has 1 rings (SSSR count). The summed E-state index contributed by atoms with van der Waals surface area (Å²) in [6.45, 7) is 14.4. The van der Waals surface area contributed by atoms with E-state index in [0.29, 0.717) is 17.8 Å². The van der Waals surface area contributed by atoms with Crippen molar-refractivity contribution in [3.05, 3.63) is 33.9 Å². The maximum absolute atomic E-state index is 11.6. The normalized spacial score (nSPS) is 12.4. The topological polar surface area (TPSA) is 93.5 Å². The molecule has 0 heterocycles. The molecule has 0 bridgehead atoms. The molecule has 0 spiro atoms. The van der Waals surface area contributed by atoms with Gasteiger partial charge in [0.05, 0.1) is 10.5 Å². The summed E-state index contributed by atoms with van der Waals surface area (Å²) in [5.41, 5.74) is 3.94. The minimum atomic E-state index is -1.61. The number of carbonyl (C=O) groups is 1. The molecule has 30 heavy (non-hydrogen) atoms. The molecule has 8 heteroatoms. The van der Waals surface area contributed by atoms with Gasteiger partial charge in [0.2, 0.25) is 0 Å². The van der Waals surface area contributed by atoms with Gasteiger partial charge in [0.15, 0.2) is 0 Å². The Bertz CT molecular complexity index is 801. The maximum Gasteiger partial charge on any atom is 0.407 e. The van der Waals surface area contributed by atoms with Gasteiger partial charge in [0.25, 0.3) is 5.69 Å². The summed E-state index contributed by atoms with van der Waals surface area (Å²) in [4.78, 5) is 22.8. The minimum Gasteiger partial charge on any atom is -0.444 e. The highest BCUT2D eigenvalue weighted by Gasteiger charge is 2.19. The van der Waals surface area contributed by atoms with Gasteiger partial charge in [-0.25, -0.2) is 4.79 Å². The Kier molecular flexibility index (Phi) is 9.37. The number of amides is 1. The van der Waals surface area contributed by atoms with E-state index >= 15 is 0 Å². The molecule has 7 nitrogen and oxygen atoms in total. The molecule has 0 radical (unpaired) electrons. The lowest BCUT2D eigenvalue weighted by molar-refractivity contribution is -0.384. The van der Waals surface area contributed by atoms with Crippen LogP contribution < -0.4 is 10.6 Å². The number of unbranched alkanes of at least 4 members (excludes halogenated alkanes) is 1. The fraction of sp³-hybridized carbons (Fsp3) is 0.591. The number of para-hydroxylation sites is 1. The first-order valence-electron chi connectivity index (χ1n) is 10.3. The number of anilines is 1. The first-order valence-corrected chi connectivity index (χ1v) is 13.8. The Morgan fingerprint density at radius 3 is 2.50 bits per heavy atom. The van der Waals surface area contributed by atoms with Crippen LogP contribution in [0.4, 0.5) is 16.2 Å². The molecule has 1 atom stereocenters. The van der Waals surface area contributed by atoms with Crippen LogP contribution in [0, 0.1) is 21.6 Å². The van der Waals surface area contributed by atoms with Crippen molar-refractivity contribution in [3.63, 3.8) is 0 Å². The number of nitro groups is 1. The quantitative estimate of drug-likeness (QED) is 0.190. The average molecular weight is 434 g/mol. The predicted molar refractivity (Wildman–Crippen MR) is 124 cm³/mol. The number of nitrogens with one attached hydrogen (secondary N) is 2. The number of nitrogens with zero attached hydrogens (tertiary/aromatic N) is 1. The van der Waals surface area contributed by atoms with Crippen molar-refractivity contribution in [3.8, 4) is 11.5 Å². The second-order valence-corrected chi connectivity index (χ2v) is 14.2. The number of hydrogen-bond donors (Lipinski definition) is 2. The fourth-order valence-electron chi connectivity index (χ4n) is 2.60. The predicted octanol–water partition coefficient (Wildman–Crippen LogP) is 5.32. The number of rotatable bonds is 8. The molecule has 1 aromatic rings. The van der Waals surface area contributed by atoms with Gasteiger partial charge in [-0.2, -0.15) is 0 Å². The van der Waals surface area contributed by atoms with Crippen molar-refractivity contribution >= 4 is 25.5 Å². The van der Waals surface area contributed by atoms with E-state index in [1.54, 1.807) is 6.07 Å². The smallest absolute Gasteiger partial charge is 0.407 e. The molecule has 166 valence electrons. The van der Waals surface area contributed by atoms with Crippen LogP contribution in [0.1, 0.15) is 52.5 Å². The molecule has 0 saturated carbocycles. The Morgan fingerprint density at radius 2 is 1.93 bits per heavy atom. The molecule has 0 aromatic heterocycles. The number of alkyl carbamates (subject to hydrolysis) is 1. The maximum atomic E-state index is 11.6. The highest BCUT2D eigenvalue weighted by molar-refractivity contribution is 6.83. The summed E-state index contributed by atoms with van der Waals surface area (Å²) >= 11 is 0. The fourth-order valence-corrected chi connectivity index (χ4v) is 3.11. The molecule has 0 aliphatic rings. The Morgan fingerprint density at radius 1 is 1.27 bits per heavy atom. The van der Waals surface area contributed by atoms with Crippen LogP contribution in [-0.4, -0.2) is 37.3 Å². The highest BCUT2D eigenvalue weighted by Crippen LogP contribution is 2.29. The summed E-state index contributed by atoms with van der Waals surface area (Å²) in [5, 5.41) is 17.5. The third-order valence-electron chi connectivity index (χ3n) is 3.93. The lowest BCUT2D eigenvalue weighted by atomic mass is 10.1. The zero-order chi connectivity index (χ0) is 22.9. The summed E-state index contributed by atoms with van der Waals surface area (Å²) < 4.78 is 5.20. The van der Waals surface area contributed by atoms with E-state index in [1.165, 1.54) is 6.07 Å². The van der Waals surface area contributed by atoms with Crippen LogP contribution in [0.25, 0.3) is 0 Å². The minimum absolute atomic E-state index is 0.0278. The first kappa shape index (κ1) is 25.5. The van der Waals surface area contributed by atoms with Gasteiger partial charge in [0.1, 0.15) is 19.4 Å². The third kappa shape index (κ3) is 10.3. The van der Waals surface area contributed by atoms with E-state index in [1.807, 2.05) is 33.8 Å². The summed E-state index contributed by atoms with van der Waals surface area (Å²) in [6, 6.07) is 5.02. The standard InChI is InChI=1S/C22H35N3O4Si/c1-17(11-8-9-15-23-21(26)29-22(2,3)4)24-20-18(14-16-30(5,6)7)12-10-13-19(20)25(27)28/h10,12-13,17,24H,8-9,11,15H2,1-7H3,(H,23,26)/t17-/m0/s1. The van der Waals surface area contributed by atoms with E-state index in [4.69, 9.17) is 4.74 Å². The first-order chi connectivity index (χ1) is 13.8. The van der Waals surface area contributed by atoms with Crippen LogP contribution in [0.3, 0.4) is 0 Å². The molecule has 1 amide bonds. The molecular formula is C22H35N3O4Si. The number of nitro benzene ring substituents is 1. The van der Waals surface area contributed by atoms with Crippen LogP contribution in [0.5, 0.6) is 0 Å². The van der Waals surface area contributed by atoms with E-state index < -0.39 is 19.8 Å². The summed E-state index contributed by atoms with van der Waals surface area (Å²) in [7, 11) is -1.61. The van der Waals surface area contributed by atoms with Crippen molar-refractivity contribution in [2.24, 2.45) is 0 Å². The van der Waals surface area contributed by atoms with Crippen molar-refractivity contribution in [2.45, 2.75) is 78.2 Å².